The van der Waals surface area contributed by atoms with E-state index in [4.69, 9.17) is 14.2 Å². The fourth-order valence-electron chi connectivity index (χ4n) is 2.70. The number of benzene rings is 2. The summed E-state index contributed by atoms with van der Waals surface area (Å²) in [6.45, 7) is 3.91. The second-order valence-electron chi connectivity index (χ2n) is 5.96. The van der Waals surface area contributed by atoms with Crippen molar-refractivity contribution in [2.24, 2.45) is 5.10 Å². The van der Waals surface area contributed by atoms with Crippen LogP contribution in [0.3, 0.4) is 0 Å². The number of hydrazone groups is 1. The Morgan fingerprint density at radius 3 is 2.11 bits per heavy atom. The van der Waals surface area contributed by atoms with Crippen molar-refractivity contribution in [3.05, 3.63) is 59.7 Å². The Morgan fingerprint density at radius 2 is 1.46 bits per heavy atom. The highest BCUT2D eigenvalue weighted by Gasteiger charge is 2.36. The van der Waals surface area contributed by atoms with Crippen molar-refractivity contribution in [3.63, 3.8) is 0 Å². The molecule has 0 radical (unpaired) electrons. The average molecular weight is 382 g/mol. The molecule has 28 heavy (non-hydrogen) atoms. The lowest BCUT2D eigenvalue weighted by atomic mass is 10.1. The molecule has 1 aliphatic heterocycles. The fraction of sp³-hybridized carbons (Fsp3) is 0.200. The van der Waals surface area contributed by atoms with Crippen molar-refractivity contribution in [3.8, 4) is 11.5 Å². The molecule has 144 valence electrons. The Bertz CT molecular complexity index is 969. The van der Waals surface area contributed by atoms with Crippen LogP contribution in [-0.2, 0) is 19.1 Å². The topological polar surface area (TPSA) is 94.5 Å². The Hall–Kier alpha value is -3.68. The van der Waals surface area contributed by atoms with E-state index in [1.165, 1.54) is 20.8 Å². The Kier molecular flexibility index (Phi) is 5.39. The zero-order valence-corrected chi connectivity index (χ0v) is 15.5. The number of ether oxygens (including phenoxy) is 3. The van der Waals surface area contributed by atoms with Crippen molar-refractivity contribution >= 4 is 23.7 Å². The van der Waals surface area contributed by atoms with Crippen LogP contribution >= 0.6 is 0 Å². The summed E-state index contributed by atoms with van der Waals surface area (Å²) in [6.07, 6.45) is -0.937. The van der Waals surface area contributed by atoms with Crippen LogP contribution in [0.15, 0.2) is 53.6 Å². The minimum Gasteiger partial charge on any atom is -0.445 e. The van der Waals surface area contributed by atoms with Gasteiger partial charge in [0.1, 0.15) is 11.5 Å². The molecule has 0 saturated carbocycles. The van der Waals surface area contributed by atoms with Crippen LogP contribution in [0.4, 0.5) is 0 Å². The van der Waals surface area contributed by atoms with E-state index in [0.717, 1.165) is 5.01 Å². The first-order valence-corrected chi connectivity index (χ1v) is 8.47. The lowest BCUT2D eigenvalue weighted by Gasteiger charge is -2.21. The molecule has 0 aliphatic carbocycles. The van der Waals surface area contributed by atoms with Crippen molar-refractivity contribution in [2.45, 2.75) is 27.0 Å². The Morgan fingerprint density at radius 1 is 0.893 bits per heavy atom. The third-order valence-corrected chi connectivity index (χ3v) is 3.78. The molecule has 1 atom stereocenters. The minimum atomic E-state index is -0.937. The van der Waals surface area contributed by atoms with Crippen molar-refractivity contribution < 1.29 is 28.6 Å². The molecule has 1 aliphatic rings. The van der Waals surface area contributed by atoms with Gasteiger partial charge in [0.2, 0.25) is 18.0 Å². The van der Waals surface area contributed by atoms with Gasteiger partial charge in [-0.15, -0.1) is 5.10 Å². The lowest BCUT2D eigenvalue weighted by Crippen LogP contribution is -2.26. The molecule has 0 N–H and O–H groups in total. The van der Waals surface area contributed by atoms with E-state index in [-0.39, 0.29) is 23.3 Å². The highest BCUT2D eigenvalue weighted by Crippen LogP contribution is 2.36. The lowest BCUT2D eigenvalue weighted by molar-refractivity contribution is -0.135. The molecule has 0 saturated heterocycles. The summed E-state index contributed by atoms with van der Waals surface area (Å²) in [6, 6.07) is 13.4. The van der Waals surface area contributed by atoms with Gasteiger partial charge in [-0.1, -0.05) is 24.3 Å². The van der Waals surface area contributed by atoms with E-state index in [0.29, 0.717) is 11.1 Å². The summed E-state index contributed by atoms with van der Waals surface area (Å²) >= 11 is 0. The maximum atomic E-state index is 12.1. The number of carbonyl (C=O) groups excluding carboxylic acids is 3. The molecule has 0 bridgehead atoms. The van der Waals surface area contributed by atoms with Gasteiger partial charge in [0.25, 0.3) is 0 Å². The van der Waals surface area contributed by atoms with E-state index in [2.05, 4.69) is 5.10 Å². The molecular weight excluding hydrogens is 364 g/mol. The third kappa shape index (κ3) is 4.01. The van der Waals surface area contributed by atoms with Gasteiger partial charge in [0, 0.05) is 20.8 Å². The molecular formula is C20H18N2O6. The molecule has 0 aromatic heterocycles. The third-order valence-electron chi connectivity index (χ3n) is 3.78. The van der Waals surface area contributed by atoms with Gasteiger partial charge in [-0.3, -0.25) is 14.4 Å². The highest BCUT2D eigenvalue weighted by molar-refractivity contribution is 5.99. The average Bonchev–Trinajstić information content (AvgIpc) is 3.07. The first-order valence-electron chi connectivity index (χ1n) is 8.47. The Balaban J connectivity index is 2.00. The number of amides is 1. The Labute approximate surface area is 161 Å². The number of nitrogens with zero attached hydrogens (tertiary/aromatic N) is 2. The molecule has 0 fully saturated rings. The standard InChI is InChI=1S/C20H18N2O6/c1-12(23)22-20(16-9-5-7-11-18(16)27-14(3)25)28-19(21-22)15-8-4-6-10-17(15)26-13(2)24/h4-11,20H,1-3H3. The zero-order chi connectivity index (χ0) is 20.3. The van der Waals surface area contributed by atoms with Crippen LogP contribution in [0.2, 0.25) is 0 Å². The number of carbonyl (C=O) groups is 3. The second kappa shape index (κ2) is 7.91. The molecule has 1 heterocycles. The fourth-order valence-corrected chi connectivity index (χ4v) is 2.70. The van der Waals surface area contributed by atoms with Gasteiger partial charge in [0.15, 0.2) is 0 Å². The van der Waals surface area contributed by atoms with E-state index in [1.54, 1.807) is 48.5 Å². The quantitative estimate of drug-likeness (QED) is 0.596. The largest absolute Gasteiger partial charge is 0.445 e. The minimum absolute atomic E-state index is 0.106. The summed E-state index contributed by atoms with van der Waals surface area (Å²) in [5, 5.41) is 5.39. The van der Waals surface area contributed by atoms with Gasteiger partial charge in [-0.25, -0.2) is 0 Å². The normalized spacial score (nSPS) is 15.5. The van der Waals surface area contributed by atoms with E-state index < -0.39 is 18.2 Å². The number of hydrogen-bond acceptors (Lipinski definition) is 7. The van der Waals surface area contributed by atoms with Crippen molar-refractivity contribution in [1.82, 2.24) is 5.01 Å². The van der Waals surface area contributed by atoms with Crippen LogP contribution < -0.4 is 9.47 Å². The zero-order valence-electron chi connectivity index (χ0n) is 15.5. The van der Waals surface area contributed by atoms with Crippen molar-refractivity contribution in [1.29, 1.82) is 0 Å². The number of rotatable bonds is 4. The predicted molar refractivity (Wildman–Crippen MR) is 98.4 cm³/mol. The molecule has 0 spiro atoms. The van der Waals surface area contributed by atoms with E-state index in [1.807, 2.05) is 0 Å². The van der Waals surface area contributed by atoms with Crippen LogP contribution in [0, 0.1) is 0 Å². The monoisotopic (exact) mass is 382 g/mol. The summed E-state index contributed by atoms with van der Waals surface area (Å²) < 4.78 is 16.3. The summed E-state index contributed by atoms with van der Waals surface area (Å²) in [7, 11) is 0. The number of esters is 2. The summed E-state index contributed by atoms with van der Waals surface area (Å²) in [5.41, 5.74) is 0.869. The van der Waals surface area contributed by atoms with Gasteiger partial charge >= 0.3 is 11.9 Å². The number of para-hydroxylation sites is 2. The van der Waals surface area contributed by atoms with Gasteiger partial charge in [-0.2, -0.15) is 5.01 Å². The maximum absolute atomic E-state index is 12.1. The smallest absolute Gasteiger partial charge is 0.308 e. The van der Waals surface area contributed by atoms with Gasteiger partial charge < -0.3 is 14.2 Å². The molecule has 1 unspecified atom stereocenters. The molecule has 2 aromatic carbocycles. The van der Waals surface area contributed by atoms with Gasteiger partial charge in [-0.05, 0) is 24.3 Å². The van der Waals surface area contributed by atoms with Crippen molar-refractivity contribution in [2.75, 3.05) is 0 Å². The molecule has 8 nitrogen and oxygen atoms in total. The molecule has 8 heteroatoms. The molecule has 3 rings (SSSR count). The SMILES string of the molecule is CC(=O)Oc1ccccc1C1=NN(C(C)=O)C(c2ccccc2OC(C)=O)O1. The maximum Gasteiger partial charge on any atom is 0.308 e. The van der Waals surface area contributed by atoms with Crippen LogP contribution in [0.1, 0.15) is 38.1 Å². The van der Waals surface area contributed by atoms with Crippen LogP contribution in [-0.4, -0.2) is 28.8 Å². The van der Waals surface area contributed by atoms with Crippen LogP contribution in [0.25, 0.3) is 0 Å². The first-order chi connectivity index (χ1) is 13.4. The number of hydrogen-bond donors (Lipinski definition) is 0. The van der Waals surface area contributed by atoms with Crippen LogP contribution in [0.5, 0.6) is 11.5 Å². The summed E-state index contributed by atoms with van der Waals surface area (Å²) in [4.78, 5) is 34.9. The highest BCUT2D eigenvalue weighted by atomic mass is 16.6. The predicted octanol–water partition coefficient (Wildman–Crippen LogP) is 2.78. The molecule has 2 aromatic rings. The summed E-state index contributed by atoms with van der Waals surface area (Å²) in [5.74, 6) is -0.744. The molecule has 1 amide bonds. The second-order valence-corrected chi connectivity index (χ2v) is 5.96. The first kappa shape index (κ1) is 19.1. The van der Waals surface area contributed by atoms with Gasteiger partial charge in [0.05, 0.1) is 11.1 Å². The van der Waals surface area contributed by atoms with E-state index >= 15 is 0 Å². The van der Waals surface area contributed by atoms with E-state index in [9.17, 15) is 14.4 Å².